The predicted octanol–water partition coefficient (Wildman–Crippen LogP) is 1.46. The third kappa shape index (κ3) is 3.23. The molecule has 3 aromatic rings. The number of aliphatic hydroxyl groups is 2. The monoisotopic (exact) mass is 452 g/mol. The standard InChI is InChI=1S/C23H28N6O4/c1-11(10-30)26-21(31)22(32)27-20-16-9-25-19-15(2-3-24-19)18(16)29(28-20)17-13-4-12-5-14(17)8-23(33,6-12)7-13/h2-3,9,11-14,17,28,30,33H,4-8,10H2,1H3,(H,26,31)(H,27,32)/t11-,12?,13-,14+,17?,23?/m0/s1. The first-order valence-electron chi connectivity index (χ1n) is 11.6. The molecule has 4 saturated carbocycles. The van der Waals surface area contributed by atoms with Gasteiger partial charge in [0.15, 0.2) is 5.65 Å². The first-order valence-corrected chi connectivity index (χ1v) is 11.6. The van der Waals surface area contributed by atoms with Crippen molar-refractivity contribution in [3.05, 3.63) is 18.5 Å². The van der Waals surface area contributed by atoms with Crippen molar-refractivity contribution in [3.8, 4) is 0 Å². The highest BCUT2D eigenvalue weighted by molar-refractivity contribution is 6.40. The van der Waals surface area contributed by atoms with Crippen LogP contribution in [-0.2, 0) is 9.59 Å². The van der Waals surface area contributed by atoms with Crippen molar-refractivity contribution in [2.45, 2.75) is 56.7 Å². The van der Waals surface area contributed by atoms with Crippen molar-refractivity contribution >= 4 is 39.6 Å². The van der Waals surface area contributed by atoms with Gasteiger partial charge in [-0.3, -0.25) is 19.4 Å². The third-order valence-electron chi connectivity index (χ3n) is 7.83. The molecular weight excluding hydrogens is 424 g/mol. The van der Waals surface area contributed by atoms with Gasteiger partial charge >= 0.3 is 11.8 Å². The van der Waals surface area contributed by atoms with Gasteiger partial charge in [0, 0.05) is 23.8 Å². The van der Waals surface area contributed by atoms with E-state index in [9.17, 15) is 14.7 Å². The summed E-state index contributed by atoms with van der Waals surface area (Å²) in [6.07, 6.45) is 8.05. The average Bonchev–Trinajstić information content (AvgIpc) is 3.37. The van der Waals surface area contributed by atoms with Gasteiger partial charge in [0.2, 0.25) is 0 Å². The number of amides is 2. The number of nitrogens with one attached hydrogen (secondary N) is 3. The number of fused-ring (bicyclic) bond motifs is 3. The molecule has 4 aliphatic rings. The van der Waals surface area contributed by atoms with E-state index in [1.807, 2.05) is 6.07 Å². The molecule has 0 aliphatic heterocycles. The summed E-state index contributed by atoms with van der Waals surface area (Å²) in [6, 6.07) is 1.56. The van der Waals surface area contributed by atoms with Crippen molar-refractivity contribution in [1.29, 1.82) is 0 Å². The summed E-state index contributed by atoms with van der Waals surface area (Å²) in [5.74, 6) is 0.0413. The molecule has 174 valence electrons. The first kappa shape index (κ1) is 20.6. The van der Waals surface area contributed by atoms with E-state index in [-0.39, 0.29) is 12.6 Å². The van der Waals surface area contributed by atoms with Crippen molar-refractivity contribution < 1.29 is 19.8 Å². The van der Waals surface area contributed by atoms with Crippen LogP contribution in [0.3, 0.4) is 0 Å². The van der Waals surface area contributed by atoms with Crippen LogP contribution in [0.5, 0.6) is 0 Å². The Hall–Kier alpha value is -2.98. The number of hydrogen-bond donors (Lipinski definition) is 5. The van der Waals surface area contributed by atoms with E-state index < -0.39 is 23.5 Å². The lowest BCUT2D eigenvalue weighted by molar-refractivity contribution is -0.148. The normalized spacial score (nSPS) is 31.2. The highest BCUT2D eigenvalue weighted by Gasteiger charge is 2.55. The predicted molar refractivity (Wildman–Crippen MR) is 120 cm³/mol. The van der Waals surface area contributed by atoms with Crippen LogP contribution in [0.4, 0.5) is 5.82 Å². The van der Waals surface area contributed by atoms with Gasteiger partial charge in [0.25, 0.3) is 0 Å². The molecule has 2 amide bonds. The van der Waals surface area contributed by atoms with Gasteiger partial charge < -0.3 is 20.8 Å². The van der Waals surface area contributed by atoms with Crippen LogP contribution in [0.25, 0.3) is 21.9 Å². The fourth-order valence-corrected chi connectivity index (χ4v) is 6.83. The molecule has 3 heterocycles. The van der Waals surface area contributed by atoms with E-state index >= 15 is 0 Å². The summed E-state index contributed by atoms with van der Waals surface area (Å²) in [5.41, 5.74) is 0.985. The fourth-order valence-electron chi connectivity index (χ4n) is 6.83. The zero-order chi connectivity index (χ0) is 22.9. The fraction of sp³-hybridized carbons (Fsp3) is 0.565. The van der Waals surface area contributed by atoms with E-state index in [0.29, 0.717) is 34.6 Å². The van der Waals surface area contributed by atoms with Gasteiger partial charge in [-0.25, -0.2) is 9.97 Å². The Balaban J connectivity index is 1.42. The highest BCUT2D eigenvalue weighted by atomic mass is 16.3. The molecule has 3 unspecified atom stereocenters. The molecule has 33 heavy (non-hydrogen) atoms. The summed E-state index contributed by atoms with van der Waals surface area (Å²) in [7, 11) is 0. The number of hydrogen-bond acceptors (Lipinski definition) is 6. The number of aliphatic hydroxyl groups excluding tert-OH is 1. The van der Waals surface area contributed by atoms with Gasteiger partial charge in [-0.2, -0.15) is 0 Å². The molecule has 10 nitrogen and oxygen atoms in total. The van der Waals surface area contributed by atoms with Crippen LogP contribution in [-0.4, -0.2) is 60.0 Å². The minimum Gasteiger partial charge on any atom is -0.394 e. The molecule has 0 aromatic carbocycles. The average molecular weight is 453 g/mol. The van der Waals surface area contributed by atoms with Gasteiger partial charge in [-0.05, 0) is 62.8 Å². The summed E-state index contributed by atoms with van der Waals surface area (Å²) >= 11 is 0. The number of carbonyl (C=O) groups is 2. The molecule has 0 spiro atoms. The number of pyridine rings is 1. The highest BCUT2D eigenvalue weighted by Crippen LogP contribution is 2.60. The maximum Gasteiger partial charge on any atom is 0.314 e. The Morgan fingerprint density at radius 1 is 1.21 bits per heavy atom. The third-order valence-corrected chi connectivity index (χ3v) is 7.83. The van der Waals surface area contributed by atoms with Crippen LogP contribution in [0.1, 0.15) is 45.1 Å². The minimum absolute atomic E-state index is 0.165. The van der Waals surface area contributed by atoms with Gasteiger partial charge in [0.05, 0.1) is 29.2 Å². The zero-order valence-electron chi connectivity index (χ0n) is 18.4. The Bertz CT molecular complexity index is 1250. The number of rotatable bonds is 4. The number of aromatic nitrogens is 4. The van der Waals surface area contributed by atoms with Crippen LogP contribution >= 0.6 is 0 Å². The van der Waals surface area contributed by atoms with Crippen molar-refractivity contribution in [2.24, 2.45) is 17.8 Å². The largest absolute Gasteiger partial charge is 0.394 e. The van der Waals surface area contributed by atoms with E-state index in [4.69, 9.17) is 5.11 Å². The number of aromatic amines is 1. The molecule has 0 saturated heterocycles. The first-order chi connectivity index (χ1) is 15.8. The van der Waals surface area contributed by atoms with Crippen LogP contribution in [0.15, 0.2) is 18.5 Å². The summed E-state index contributed by atoms with van der Waals surface area (Å²) < 4.78 is 2.13. The van der Waals surface area contributed by atoms with Crippen LogP contribution in [0.2, 0.25) is 0 Å². The molecule has 7 rings (SSSR count). The molecule has 10 heteroatoms. The number of anilines is 1. The molecule has 4 aliphatic carbocycles. The zero-order valence-corrected chi connectivity index (χ0v) is 18.4. The van der Waals surface area contributed by atoms with Crippen molar-refractivity contribution in [2.75, 3.05) is 11.9 Å². The van der Waals surface area contributed by atoms with E-state index in [0.717, 1.165) is 43.0 Å². The van der Waals surface area contributed by atoms with E-state index in [2.05, 4.69) is 30.4 Å². The second-order valence-corrected chi connectivity index (χ2v) is 10.3. The SMILES string of the molecule is C[C@@H](CO)NC(=O)C(=O)Nc1[nH]n(C2[C@@H]3CC4C[C@H]2CC(O)(C4)C3)c2c1cnc1nccc12. The number of carbonyl (C=O) groups excluding carboxylic acids is 2. The lowest BCUT2D eigenvalue weighted by Crippen LogP contribution is -2.55. The molecule has 6 atom stereocenters. The topological polar surface area (TPSA) is 145 Å². The van der Waals surface area contributed by atoms with Crippen LogP contribution < -0.4 is 10.6 Å². The molecule has 4 bridgehead atoms. The number of H-pyrrole nitrogens is 1. The Kier molecular flexibility index (Phi) is 4.54. The maximum atomic E-state index is 12.6. The smallest absolute Gasteiger partial charge is 0.314 e. The molecule has 5 N–H and O–H groups in total. The lowest BCUT2D eigenvalue weighted by atomic mass is 9.52. The summed E-state index contributed by atoms with van der Waals surface area (Å²) in [4.78, 5) is 33.6. The second-order valence-electron chi connectivity index (χ2n) is 10.3. The molecule has 4 fully saturated rings. The van der Waals surface area contributed by atoms with Crippen molar-refractivity contribution in [3.63, 3.8) is 0 Å². The maximum absolute atomic E-state index is 12.6. The second kappa shape index (κ2) is 7.26. The van der Waals surface area contributed by atoms with Crippen LogP contribution in [0, 0.1) is 17.8 Å². The van der Waals surface area contributed by atoms with Gasteiger partial charge in [-0.15, -0.1) is 0 Å². The molecular formula is C23H28N6O4. The van der Waals surface area contributed by atoms with Crippen molar-refractivity contribution in [1.82, 2.24) is 25.1 Å². The Morgan fingerprint density at radius 2 is 1.97 bits per heavy atom. The van der Waals surface area contributed by atoms with Gasteiger partial charge in [-0.1, -0.05) is 0 Å². The quantitative estimate of drug-likeness (QED) is 0.379. The van der Waals surface area contributed by atoms with E-state index in [1.54, 1.807) is 19.3 Å². The lowest BCUT2D eigenvalue weighted by Gasteiger charge is -2.58. The van der Waals surface area contributed by atoms with E-state index in [1.165, 1.54) is 0 Å². The summed E-state index contributed by atoms with van der Waals surface area (Å²) in [5, 5.41) is 30.3. The van der Waals surface area contributed by atoms with Gasteiger partial charge in [0.1, 0.15) is 5.82 Å². The number of nitrogens with zero attached hydrogens (tertiary/aromatic N) is 3. The molecule has 3 aromatic heterocycles. The Labute approximate surface area is 189 Å². The molecule has 0 radical (unpaired) electrons. The minimum atomic E-state index is -0.814. The summed E-state index contributed by atoms with van der Waals surface area (Å²) in [6.45, 7) is 1.36. The Morgan fingerprint density at radius 3 is 2.67 bits per heavy atom.